The summed E-state index contributed by atoms with van der Waals surface area (Å²) >= 11 is 0. The zero-order valence-corrected chi connectivity index (χ0v) is 19.5. The predicted molar refractivity (Wildman–Crippen MR) is 128 cm³/mol. The molecule has 6 rings (SSSR count). The zero-order chi connectivity index (χ0) is 22.3. The Morgan fingerprint density at radius 2 is 1.81 bits per heavy atom. The van der Waals surface area contributed by atoms with E-state index in [2.05, 4.69) is 62.4 Å². The topological polar surface area (TPSA) is 40.5 Å². The zero-order valence-electron chi connectivity index (χ0n) is 19.5. The van der Waals surface area contributed by atoms with Gasteiger partial charge in [0.2, 0.25) is 5.91 Å². The lowest BCUT2D eigenvalue weighted by atomic mass is 9.48. The molecule has 8 atom stereocenters. The number of likely N-dealkylation sites (N-methyl/N-ethyl adjacent to an activating group) is 1. The second-order valence-corrected chi connectivity index (χ2v) is 11.7. The molecule has 1 aliphatic heterocycles. The van der Waals surface area contributed by atoms with E-state index in [9.17, 15) is 9.90 Å². The number of benzene rings is 2. The van der Waals surface area contributed by atoms with Crippen LogP contribution in [0.4, 0.5) is 0 Å². The first-order valence-corrected chi connectivity index (χ1v) is 12.4. The minimum atomic E-state index is -0.320. The molecule has 4 aliphatic rings. The van der Waals surface area contributed by atoms with Crippen molar-refractivity contribution in [2.45, 2.75) is 64.0 Å². The Morgan fingerprint density at radius 1 is 1.03 bits per heavy atom. The molecule has 2 aromatic carbocycles. The van der Waals surface area contributed by atoms with Gasteiger partial charge in [0.25, 0.3) is 0 Å². The van der Waals surface area contributed by atoms with Crippen LogP contribution in [0.3, 0.4) is 0 Å². The summed E-state index contributed by atoms with van der Waals surface area (Å²) in [5.41, 5.74) is 1.73. The largest absolute Gasteiger partial charge is 0.393 e. The summed E-state index contributed by atoms with van der Waals surface area (Å²) in [5.74, 6) is 1.96. The van der Waals surface area contributed by atoms with Gasteiger partial charge in [0.15, 0.2) is 0 Å². The second kappa shape index (κ2) is 6.93. The molecule has 1 amide bonds. The average molecular weight is 430 g/mol. The highest BCUT2D eigenvalue weighted by Crippen LogP contribution is 2.66. The van der Waals surface area contributed by atoms with Gasteiger partial charge in [-0.1, -0.05) is 62.4 Å². The van der Waals surface area contributed by atoms with Crippen molar-refractivity contribution >= 4 is 16.7 Å². The van der Waals surface area contributed by atoms with Crippen LogP contribution in [0.5, 0.6) is 0 Å². The summed E-state index contributed by atoms with van der Waals surface area (Å²) in [6.45, 7) is 4.83. The van der Waals surface area contributed by atoms with Gasteiger partial charge in [0, 0.05) is 18.5 Å². The summed E-state index contributed by atoms with van der Waals surface area (Å²) in [6, 6.07) is 15.8. The highest BCUT2D eigenvalue weighted by atomic mass is 16.3. The molecule has 0 radical (unpaired) electrons. The monoisotopic (exact) mass is 429 g/mol. The van der Waals surface area contributed by atoms with Crippen LogP contribution < -0.4 is 0 Å². The van der Waals surface area contributed by atoms with Gasteiger partial charge >= 0.3 is 0 Å². The van der Waals surface area contributed by atoms with Crippen molar-refractivity contribution in [1.29, 1.82) is 0 Å². The molecule has 0 bridgehead atoms. The van der Waals surface area contributed by atoms with Crippen molar-refractivity contribution in [2.75, 3.05) is 7.05 Å². The molecule has 3 fully saturated rings. The van der Waals surface area contributed by atoms with E-state index in [1.54, 1.807) is 6.08 Å². The number of aliphatic hydroxyl groups is 1. The first-order chi connectivity index (χ1) is 15.3. The smallest absolute Gasteiger partial charge is 0.246 e. The fourth-order valence-electron chi connectivity index (χ4n) is 8.45. The number of carbonyl (C=O) groups is 1. The number of amides is 1. The summed E-state index contributed by atoms with van der Waals surface area (Å²) in [7, 11) is 1.92. The van der Waals surface area contributed by atoms with Crippen molar-refractivity contribution in [1.82, 2.24) is 4.90 Å². The molecule has 3 nitrogen and oxygen atoms in total. The van der Waals surface area contributed by atoms with Crippen LogP contribution in [-0.4, -0.2) is 35.1 Å². The molecule has 0 saturated heterocycles. The molecule has 0 spiro atoms. The Labute approximate surface area is 191 Å². The van der Waals surface area contributed by atoms with Crippen LogP contribution in [0.2, 0.25) is 0 Å². The quantitative estimate of drug-likeness (QED) is 0.647. The van der Waals surface area contributed by atoms with Crippen LogP contribution in [0.15, 0.2) is 54.6 Å². The number of nitrogens with zero attached hydrogens (tertiary/aromatic N) is 1. The summed E-state index contributed by atoms with van der Waals surface area (Å²) in [6.07, 6.45) is 9.14. The second-order valence-electron chi connectivity index (χ2n) is 11.7. The fraction of sp³-hybridized carbons (Fsp3) is 0.552. The van der Waals surface area contributed by atoms with Crippen LogP contribution in [0, 0.1) is 28.6 Å². The van der Waals surface area contributed by atoms with Gasteiger partial charge in [-0.05, 0) is 83.6 Å². The van der Waals surface area contributed by atoms with Gasteiger partial charge in [-0.25, -0.2) is 0 Å². The highest BCUT2D eigenvalue weighted by Gasteiger charge is 2.62. The van der Waals surface area contributed by atoms with Gasteiger partial charge in [0.05, 0.1) is 6.10 Å². The maximum atomic E-state index is 12.3. The molecule has 3 heteroatoms. The van der Waals surface area contributed by atoms with E-state index >= 15 is 0 Å². The molecule has 1 heterocycles. The first kappa shape index (κ1) is 20.5. The van der Waals surface area contributed by atoms with Crippen molar-refractivity contribution in [2.24, 2.45) is 28.6 Å². The molecule has 32 heavy (non-hydrogen) atoms. The third-order valence-corrected chi connectivity index (χ3v) is 10.2. The summed E-state index contributed by atoms with van der Waals surface area (Å²) < 4.78 is 0. The van der Waals surface area contributed by atoms with Crippen molar-refractivity contribution in [3.8, 4) is 0 Å². The van der Waals surface area contributed by atoms with E-state index in [0.717, 1.165) is 6.42 Å². The van der Waals surface area contributed by atoms with E-state index in [0.29, 0.717) is 35.5 Å². The molecule has 2 aromatic rings. The van der Waals surface area contributed by atoms with E-state index < -0.39 is 0 Å². The maximum absolute atomic E-state index is 12.3. The van der Waals surface area contributed by atoms with Gasteiger partial charge < -0.3 is 10.0 Å². The van der Waals surface area contributed by atoms with E-state index in [-0.39, 0.29) is 23.5 Å². The molecule has 1 N–H and O–H groups in total. The fourth-order valence-corrected chi connectivity index (χ4v) is 8.45. The van der Waals surface area contributed by atoms with Crippen LogP contribution >= 0.6 is 0 Å². The molecule has 0 aromatic heterocycles. The molecular weight excluding hydrogens is 394 g/mol. The Morgan fingerprint density at radius 3 is 2.62 bits per heavy atom. The molecular formula is C29H35NO2. The molecule has 3 unspecified atom stereocenters. The summed E-state index contributed by atoms with van der Waals surface area (Å²) in [5, 5.41) is 14.1. The Balaban J connectivity index is 1.34. The number of carbonyl (C=O) groups excluding carboxylic acids is 1. The van der Waals surface area contributed by atoms with E-state index in [4.69, 9.17) is 0 Å². The van der Waals surface area contributed by atoms with Gasteiger partial charge in [-0.15, -0.1) is 0 Å². The SMILES string of the molecule is CN1C(=O)C=C[C@@]2(C)C1CC(O)[C@@H]1[C@H]2CC[C@]2(C)CC(c3ccc4ccccc4c3)C[C@@H]12. The van der Waals surface area contributed by atoms with Crippen molar-refractivity contribution in [3.63, 3.8) is 0 Å². The Bertz CT molecular complexity index is 1110. The predicted octanol–water partition coefficient (Wildman–Crippen LogP) is 5.53. The van der Waals surface area contributed by atoms with Crippen molar-refractivity contribution < 1.29 is 9.90 Å². The molecule has 3 saturated carbocycles. The third kappa shape index (κ3) is 2.79. The minimum absolute atomic E-state index is 0.0328. The van der Waals surface area contributed by atoms with E-state index in [1.807, 2.05) is 11.9 Å². The average Bonchev–Trinajstić information content (AvgIpc) is 3.15. The third-order valence-electron chi connectivity index (χ3n) is 10.2. The lowest BCUT2D eigenvalue weighted by Gasteiger charge is -2.61. The Kier molecular flexibility index (Phi) is 4.44. The van der Waals surface area contributed by atoms with Crippen LogP contribution in [0.25, 0.3) is 10.8 Å². The number of hydrogen-bond acceptors (Lipinski definition) is 2. The van der Waals surface area contributed by atoms with Crippen LogP contribution in [0.1, 0.15) is 57.4 Å². The minimum Gasteiger partial charge on any atom is -0.393 e. The normalized spacial score (nSPS) is 43.1. The van der Waals surface area contributed by atoms with Gasteiger partial charge in [-0.3, -0.25) is 4.79 Å². The van der Waals surface area contributed by atoms with Gasteiger partial charge in [0.1, 0.15) is 0 Å². The van der Waals surface area contributed by atoms with Crippen molar-refractivity contribution in [3.05, 3.63) is 60.2 Å². The molecule has 168 valence electrons. The lowest BCUT2D eigenvalue weighted by molar-refractivity contribution is -0.154. The molecule has 3 aliphatic carbocycles. The summed E-state index contributed by atoms with van der Waals surface area (Å²) in [4.78, 5) is 14.2. The highest BCUT2D eigenvalue weighted by molar-refractivity contribution is 5.89. The van der Waals surface area contributed by atoms with Gasteiger partial charge in [-0.2, -0.15) is 0 Å². The Hall–Kier alpha value is -2.13. The number of fused-ring (bicyclic) bond motifs is 6. The number of aliphatic hydroxyl groups excluding tert-OH is 1. The first-order valence-electron chi connectivity index (χ1n) is 12.4. The lowest BCUT2D eigenvalue weighted by Crippen LogP contribution is -2.63. The van der Waals surface area contributed by atoms with Crippen LogP contribution in [-0.2, 0) is 4.79 Å². The number of rotatable bonds is 1. The maximum Gasteiger partial charge on any atom is 0.246 e. The van der Waals surface area contributed by atoms with E-state index in [1.165, 1.54) is 35.6 Å². The number of hydrogen-bond donors (Lipinski definition) is 1. The standard InChI is InChI=1S/C29H35NO2/c1-28-12-10-22-27(24(31)16-25-29(22,2)13-11-26(32)30(25)3)23(28)15-21(17-28)20-9-8-18-6-4-5-7-19(18)14-20/h4-9,11,13-14,21-25,27,31H,10,12,15-17H2,1-3H3/t21?,22-,23+,24?,25?,27-,28-,29-/m1/s1.